The quantitative estimate of drug-likeness (QED) is 0.806. The molecular weight excluding hydrogens is 346 g/mol. The third kappa shape index (κ3) is 3.67. The molecule has 0 bridgehead atoms. The molecule has 4 rings (SSSR count). The molecule has 0 unspecified atom stereocenters. The van der Waals surface area contributed by atoms with Crippen LogP contribution in [0.1, 0.15) is 28.3 Å². The van der Waals surface area contributed by atoms with E-state index in [2.05, 4.69) is 4.98 Å². The molecule has 7 heteroatoms. The SMILES string of the molecule is Cc1ccc(C(=O)N2C[C@H]3[C@@H](CCOc4ccc(C#N)cn4)CO[C@H]3C2)o1. The molecule has 0 saturated carbocycles. The van der Waals surface area contributed by atoms with Gasteiger partial charge in [-0.2, -0.15) is 5.26 Å². The topological polar surface area (TPSA) is 88.6 Å². The molecule has 0 aromatic carbocycles. The Kier molecular flexibility index (Phi) is 4.82. The molecule has 27 heavy (non-hydrogen) atoms. The van der Waals surface area contributed by atoms with Gasteiger partial charge in [-0.1, -0.05) is 0 Å². The van der Waals surface area contributed by atoms with Gasteiger partial charge in [-0.25, -0.2) is 4.98 Å². The highest BCUT2D eigenvalue weighted by molar-refractivity contribution is 5.91. The molecule has 0 N–H and O–H groups in total. The number of furan rings is 1. The number of nitriles is 1. The Labute approximate surface area is 157 Å². The molecular formula is C20H21N3O4. The van der Waals surface area contributed by atoms with Crippen molar-refractivity contribution in [2.75, 3.05) is 26.3 Å². The average Bonchev–Trinajstić information content (AvgIpc) is 3.38. The van der Waals surface area contributed by atoms with Crippen LogP contribution in [0.4, 0.5) is 0 Å². The highest BCUT2D eigenvalue weighted by Gasteiger charge is 2.45. The van der Waals surface area contributed by atoms with E-state index in [1.165, 1.54) is 6.20 Å². The first kappa shape index (κ1) is 17.6. The van der Waals surface area contributed by atoms with Crippen molar-refractivity contribution >= 4 is 5.91 Å². The Bertz CT molecular complexity index is 855. The van der Waals surface area contributed by atoms with Crippen molar-refractivity contribution in [3.8, 4) is 11.9 Å². The molecule has 2 aromatic rings. The smallest absolute Gasteiger partial charge is 0.289 e. The van der Waals surface area contributed by atoms with Crippen molar-refractivity contribution in [3.63, 3.8) is 0 Å². The number of likely N-dealkylation sites (tertiary alicyclic amines) is 1. The Morgan fingerprint density at radius 2 is 2.26 bits per heavy atom. The third-order valence-electron chi connectivity index (χ3n) is 5.28. The predicted molar refractivity (Wildman–Crippen MR) is 95.1 cm³/mol. The normalized spacial score (nSPS) is 23.9. The van der Waals surface area contributed by atoms with Crippen molar-refractivity contribution < 1.29 is 18.7 Å². The van der Waals surface area contributed by atoms with Crippen LogP contribution in [-0.2, 0) is 4.74 Å². The number of nitrogens with zero attached hydrogens (tertiary/aromatic N) is 3. The molecule has 0 spiro atoms. The second-order valence-corrected chi connectivity index (χ2v) is 7.05. The van der Waals surface area contributed by atoms with Crippen molar-refractivity contribution in [2.24, 2.45) is 11.8 Å². The van der Waals surface area contributed by atoms with Crippen molar-refractivity contribution in [3.05, 3.63) is 47.5 Å². The van der Waals surface area contributed by atoms with Gasteiger partial charge in [0.25, 0.3) is 5.91 Å². The second-order valence-electron chi connectivity index (χ2n) is 7.05. The summed E-state index contributed by atoms with van der Waals surface area (Å²) in [6.07, 6.45) is 2.43. The maximum Gasteiger partial charge on any atom is 0.289 e. The maximum atomic E-state index is 12.6. The van der Waals surface area contributed by atoms with Gasteiger partial charge in [0, 0.05) is 31.3 Å². The molecule has 0 radical (unpaired) electrons. The minimum Gasteiger partial charge on any atom is -0.478 e. The molecule has 7 nitrogen and oxygen atoms in total. The fourth-order valence-corrected chi connectivity index (χ4v) is 3.81. The highest BCUT2D eigenvalue weighted by atomic mass is 16.5. The van der Waals surface area contributed by atoms with Crippen LogP contribution in [0.15, 0.2) is 34.9 Å². The van der Waals surface area contributed by atoms with Crippen LogP contribution in [0, 0.1) is 30.1 Å². The number of aryl methyl sites for hydroxylation is 1. The van der Waals surface area contributed by atoms with E-state index in [-0.39, 0.29) is 12.0 Å². The Balaban J connectivity index is 1.29. The lowest BCUT2D eigenvalue weighted by atomic mass is 9.91. The van der Waals surface area contributed by atoms with Gasteiger partial charge < -0.3 is 18.8 Å². The van der Waals surface area contributed by atoms with Crippen molar-refractivity contribution in [1.82, 2.24) is 9.88 Å². The summed E-state index contributed by atoms with van der Waals surface area (Å²) in [5.74, 6) is 2.24. The number of ether oxygens (including phenoxy) is 2. The van der Waals surface area contributed by atoms with Gasteiger partial charge in [0.2, 0.25) is 5.88 Å². The molecule has 2 aliphatic rings. The number of rotatable bonds is 5. The van der Waals surface area contributed by atoms with Gasteiger partial charge in [0.05, 0.1) is 24.9 Å². The number of pyridine rings is 1. The summed E-state index contributed by atoms with van der Waals surface area (Å²) in [5.41, 5.74) is 0.511. The number of amides is 1. The second kappa shape index (κ2) is 7.41. The summed E-state index contributed by atoms with van der Waals surface area (Å²) in [5, 5.41) is 8.79. The first-order valence-electron chi connectivity index (χ1n) is 9.10. The summed E-state index contributed by atoms with van der Waals surface area (Å²) >= 11 is 0. The zero-order chi connectivity index (χ0) is 18.8. The van der Waals surface area contributed by atoms with Crippen molar-refractivity contribution in [2.45, 2.75) is 19.4 Å². The molecule has 2 saturated heterocycles. The van der Waals surface area contributed by atoms with E-state index in [4.69, 9.17) is 19.2 Å². The number of hydrogen-bond acceptors (Lipinski definition) is 6. The summed E-state index contributed by atoms with van der Waals surface area (Å²) in [6, 6.07) is 8.95. The molecule has 2 aliphatic heterocycles. The van der Waals surface area contributed by atoms with E-state index in [0.717, 1.165) is 12.2 Å². The van der Waals surface area contributed by atoms with E-state index in [1.54, 1.807) is 24.3 Å². The van der Waals surface area contributed by atoms with Crippen LogP contribution in [-0.4, -0.2) is 48.2 Å². The fraction of sp³-hybridized carbons (Fsp3) is 0.450. The number of carbonyl (C=O) groups is 1. The predicted octanol–water partition coefficient (Wildman–Crippen LogP) is 2.41. The molecule has 2 fully saturated rings. The number of hydrogen-bond donors (Lipinski definition) is 0. The van der Waals surface area contributed by atoms with Crippen LogP contribution in [0.2, 0.25) is 0 Å². The van der Waals surface area contributed by atoms with Crippen LogP contribution in [0.5, 0.6) is 5.88 Å². The minimum absolute atomic E-state index is 0.0714. The largest absolute Gasteiger partial charge is 0.478 e. The monoisotopic (exact) mass is 367 g/mol. The zero-order valence-corrected chi connectivity index (χ0v) is 15.1. The Morgan fingerprint density at radius 1 is 1.37 bits per heavy atom. The Morgan fingerprint density at radius 3 is 2.96 bits per heavy atom. The van der Waals surface area contributed by atoms with Gasteiger partial charge in [-0.15, -0.1) is 0 Å². The lowest BCUT2D eigenvalue weighted by Crippen LogP contribution is -2.31. The first-order chi connectivity index (χ1) is 13.1. The van der Waals surface area contributed by atoms with E-state index in [0.29, 0.717) is 55.3 Å². The summed E-state index contributed by atoms with van der Waals surface area (Å²) in [7, 11) is 0. The number of aromatic nitrogens is 1. The van der Waals surface area contributed by atoms with Crippen LogP contribution >= 0.6 is 0 Å². The maximum absolute atomic E-state index is 12.6. The van der Waals surface area contributed by atoms with Crippen LogP contribution in [0.3, 0.4) is 0 Å². The van der Waals surface area contributed by atoms with E-state index in [1.807, 2.05) is 17.9 Å². The van der Waals surface area contributed by atoms with E-state index in [9.17, 15) is 4.79 Å². The van der Waals surface area contributed by atoms with Gasteiger partial charge >= 0.3 is 0 Å². The van der Waals surface area contributed by atoms with Crippen molar-refractivity contribution in [1.29, 1.82) is 5.26 Å². The first-order valence-corrected chi connectivity index (χ1v) is 9.10. The highest BCUT2D eigenvalue weighted by Crippen LogP contribution is 2.36. The number of carbonyl (C=O) groups excluding carboxylic acids is 1. The Hall–Kier alpha value is -2.85. The third-order valence-corrected chi connectivity index (χ3v) is 5.28. The standard InChI is InChI=1S/C20H21N3O4/c1-13-2-4-17(27-13)20(24)23-10-16-15(12-26-18(16)11-23)6-7-25-19-5-3-14(8-21)9-22-19/h2-5,9,15-16,18H,6-7,10-12H2,1H3/t15-,16-,18-/m0/s1. The van der Waals surface area contributed by atoms with E-state index >= 15 is 0 Å². The van der Waals surface area contributed by atoms with Gasteiger partial charge in [0.15, 0.2) is 5.76 Å². The summed E-state index contributed by atoms with van der Waals surface area (Å²) in [6.45, 7) is 4.35. The molecule has 140 valence electrons. The van der Waals surface area contributed by atoms with E-state index < -0.39 is 0 Å². The summed E-state index contributed by atoms with van der Waals surface area (Å²) < 4.78 is 17.1. The van der Waals surface area contributed by atoms with Gasteiger partial charge in [-0.05, 0) is 37.5 Å². The fourth-order valence-electron chi connectivity index (χ4n) is 3.81. The summed E-state index contributed by atoms with van der Waals surface area (Å²) in [4.78, 5) is 18.5. The van der Waals surface area contributed by atoms with Gasteiger partial charge in [-0.3, -0.25) is 4.79 Å². The minimum atomic E-state index is -0.0714. The lowest BCUT2D eigenvalue weighted by molar-refractivity contribution is 0.0645. The van der Waals surface area contributed by atoms with Crippen LogP contribution in [0.25, 0.3) is 0 Å². The molecule has 3 atom stereocenters. The lowest BCUT2D eigenvalue weighted by Gasteiger charge is -2.19. The molecule has 0 aliphatic carbocycles. The molecule has 2 aromatic heterocycles. The average molecular weight is 367 g/mol. The molecule has 1 amide bonds. The zero-order valence-electron chi connectivity index (χ0n) is 15.1. The number of fused-ring (bicyclic) bond motifs is 1. The van der Waals surface area contributed by atoms with Gasteiger partial charge in [0.1, 0.15) is 11.8 Å². The van der Waals surface area contributed by atoms with Crippen LogP contribution < -0.4 is 4.74 Å². The molecule has 4 heterocycles.